The third kappa shape index (κ3) is 3.57. The van der Waals surface area contributed by atoms with E-state index in [-0.39, 0.29) is 17.9 Å². The number of hydrogen-bond donors (Lipinski definition) is 2. The molecule has 0 radical (unpaired) electrons. The topological polar surface area (TPSA) is 80.3 Å². The lowest BCUT2D eigenvalue weighted by molar-refractivity contribution is -0.130. The van der Waals surface area contributed by atoms with Gasteiger partial charge in [-0.3, -0.25) is 9.59 Å². The van der Waals surface area contributed by atoms with Crippen molar-refractivity contribution in [2.24, 2.45) is 0 Å². The fraction of sp³-hybridized carbons (Fsp3) is 0.389. The van der Waals surface area contributed by atoms with Crippen molar-refractivity contribution in [1.82, 2.24) is 10.3 Å². The number of aromatic nitrogens is 1. The SMILES string of the molecule is O=C1Cc2cc(-c3csc(CCNC(=O)C4CCCO4)n3)ccc2N1. The lowest BCUT2D eigenvalue weighted by Gasteiger charge is -2.09. The highest BCUT2D eigenvalue weighted by molar-refractivity contribution is 7.09. The highest BCUT2D eigenvalue weighted by Gasteiger charge is 2.23. The summed E-state index contributed by atoms with van der Waals surface area (Å²) in [6, 6.07) is 5.92. The molecule has 2 aliphatic rings. The first-order valence-corrected chi connectivity index (χ1v) is 9.34. The zero-order valence-corrected chi connectivity index (χ0v) is 14.5. The molecule has 2 aromatic rings. The van der Waals surface area contributed by atoms with Gasteiger partial charge in [0.1, 0.15) is 6.10 Å². The molecule has 1 aromatic heterocycles. The number of hydrogen-bond acceptors (Lipinski definition) is 5. The van der Waals surface area contributed by atoms with Gasteiger partial charge in [-0.1, -0.05) is 6.07 Å². The number of anilines is 1. The van der Waals surface area contributed by atoms with E-state index >= 15 is 0 Å². The molecule has 2 amide bonds. The average Bonchev–Trinajstić information content (AvgIpc) is 3.34. The number of fused-ring (bicyclic) bond motifs is 1. The van der Waals surface area contributed by atoms with Gasteiger partial charge < -0.3 is 15.4 Å². The lowest BCUT2D eigenvalue weighted by Crippen LogP contribution is -2.35. The van der Waals surface area contributed by atoms with Crippen LogP contribution in [0.15, 0.2) is 23.6 Å². The Bertz CT molecular complexity index is 812. The monoisotopic (exact) mass is 357 g/mol. The molecule has 2 N–H and O–H groups in total. The molecular formula is C18H19N3O3S. The van der Waals surface area contributed by atoms with Gasteiger partial charge in [0.15, 0.2) is 0 Å². The first-order chi connectivity index (χ1) is 12.2. The number of amides is 2. The lowest BCUT2D eigenvalue weighted by atomic mass is 10.1. The van der Waals surface area contributed by atoms with Crippen molar-refractivity contribution in [2.75, 3.05) is 18.5 Å². The van der Waals surface area contributed by atoms with Crippen molar-refractivity contribution in [3.8, 4) is 11.3 Å². The van der Waals surface area contributed by atoms with Crippen LogP contribution in [-0.2, 0) is 27.2 Å². The van der Waals surface area contributed by atoms with E-state index in [0.717, 1.165) is 40.4 Å². The van der Waals surface area contributed by atoms with Gasteiger partial charge in [-0.15, -0.1) is 11.3 Å². The number of thiazole rings is 1. The highest BCUT2D eigenvalue weighted by atomic mass is 32.1. The van der Waals surface area contributed by atoms with E-state index in [9.17, 15) is 9.59 Å². The second-order valence-electron chi connectivity index (χ2n) is 6.27. The number of carbonyl (C=O) groups excluding carboxylic acids is 2. The van der Waals surface area contributed by atoms with Gasteiger partial charge in [0.25, 0.3) is 0 Å². The van der Waals surface area contributed by atoms with E-state index in [1.165, 1.54) is 0 Å². The smallest absolute Gasteiger partial charge is 0.249 e. The summed E-state index contributed by atoms with van der Waals surface area (Å²) in [5.74, 6) is 0.0122. The molecule has 130 valence electrons. The zero-order valence-electron chi connectivity index (χ0n) is 13.7. The maximum Gasteiger partial charge on any atom is 0.249 e. The second kappa shape index (κ2) is 6.93. The van der Waals surface area contributed by atoms with E-state index in [1.807, 2.05) is 23.6 Å². The molecule has 1 aromatic carbocycles. The maximum absolute atomic E-state index is 11.9. The Balaban J connectivity index is 1.35. The summed E-state index contributed by atoms with van der Waals surface area (Å²) in [5, 5.41) is 8.75. The van der Waals surface area contributed by atoms with Gasteiger partial charge in [0, 0.05) is 36.2 Å². The van der Waals surface area contributed by atoms with Crippen LogP contribution in [0.5, 0.6) is 0 Å². The second-order valence-corrected chi connectivity index (χ2v) is 7.21. The van der Waals surface area contributed by atoms with Gasteiger partial charge >= 0.3 is 0 Å². The molecule has 0 aliphatic carbocycles. The van der Waals surface area contributed by atoms with Gasteiger partial charge in [0.2, 0.25) is 11.8 Å². The third-order valence-electron chi connectivity index (χ3n) is 4.44. The molecule has 1 unspecified atom stereocenters. The number of rotatable bonds is 5. The Hall–Kier alpha value is -2.25. The summed E-state index contributed by atoms with van der Waals surface area (Å²) >= 11 is 1.59. The molecule has 25 heavy (non-hydrogen) atoms. The van der Waals surface area contributed by atoms with Crippen LogP contribution in [0.1, 0.15) is 23.4 Å². The molecular weight excluding hydrogens is 338 g/mol. The first-order valence-electron chi connectivity index (χ1n) is 8.46. The molecule has 0 bridgehead atoms. The van der Waals surface area contributed by atoms with Gasteiger partial charge in [-0.05, 0) is 30.5 Å². The standard InChI is InChI=1S/C18H19N3O3S/c22-16-9-12-8-11(3-4-13(12)20-16)14-10-25-17(21-14)5-6-19-18(23)15-2-1-7-24-15/h3-4,8,10,15H,1-2,5-7,9H2,(H,19,23)(H,20,22). The van der Waals surface area contributed by atoms with Crippen LogP contribution in [0, 0.1) is 0 Å². The minimum absolute atomic E-state index is 0.0231. The third-order valence-corrected chi connectivity index (χ3v) is 5.35. The summed E-state index contributed by atoms with van der Waals surface area (Å²) in [7, 11) is 0. The molecule has 4 rings (SSSR count). The normalized spacial score (nSPS) is 18.9. The van der Waals surface area contributed by atoms with Crippen LogP contribution in [0.4, 0.5) is 5.69 Å². The number of nitrogens with one attached hydrogen (secondary N) is 2. The van der Waals surface area contributed by atoms with E-state index in [0.29, 0.717) is 26.0 Å². The fourth-order valence-electron chi connectivity index (χ4n) is 3.14. The molecule has 1 fully saturated rings. The van der Waals surface area contributed by atoms with Crippen molar-refractivity contribution >= 4 is 28.8 Å². The molecule has 1 saturated heterocycles. The number of benzene rings is 1. The summed E-state index contributed by atoms with van der Waals surface area (Å²) < 4.78 is 5.37. The molecule has 2 aliphatic heterocycles. The van der Waals surface area contributed by atoms with Crippen molar-refractivity contribution in [3.05, 3.63) is 34.2 Å². The first kappa shape index (κ1) is 16.2. The van der Waals surface area contributed by atoms with Gasteiger partial charge in [-0.25, -0.2) is 4.98 Å². The largest absolute Gasteiger partial charge is 0.368 e. The van der Waals surface area contributed by atoms with E-state index in [1.54, 1.807) is 11.3 Å². The number of nitrogens with zero attached hydrogens (tertiary/aromatic N) is 1. The van der Waals surface area contributed by atoms with E-state index < -0.39 is 0 Å². The summed E-state index contributed by atoms with van der Waals surface area (Å²) in [6.45, 7) is 1.24. The summed E-state index contributed by atoms with van der Waals surface area (Å²) in [4.78, 5) is 28.0. The Labute approximate surface area is 149 Å². The van der Waals surface area contributed by atoms with Crippen LogP contribution in [0.3, 0.4) is 0 Å². The minimum Gasteiger partial charge on any atom is -0.368 e. The molecule has 6 nitrogen and oxygen atoms in total. The average molecular weight is 357 g/mol. The minimum atomic E-state index is -0.283. The summed E-state index contributed by atoms with van der Waals surface area (Å²) in [5.41, 5.74) is 3.83. The van der Waals surface area contributed by atoms with Crippen LogP contribution in [0.25, 0.3) is 11.3 Å². The van der Waals surface area contributed by atoms with Crippen molar-refractivity contribution in [3.63, 3.8) is 0 Å². The Morgan fingerprint density at radius 2 is 2.36 bits per heavy atom. The van der Waals surface area contributed by atoms with Crippen molar-refractivity contribution in [2.45, 2.75) is 31.8 Å². The quantitative estimate of drug-likeness (QED) is 0.859. The molecule has 1 atom stereocenters. The molecule has 0 spiro atoms. The number of ether oxygens (including phenoxy) is 1. The molecule has 7 heteroatoms. The van der Waals surface area contributed by atoms with Crippen LogP contribution in [0.2, 0.25) is 0 Å². The van der Waals surface area contributed by atoms with Crippen molar-refractivity contribution in [1.29, 1.82) is 0 Å². The van der Waals surface area contributed by atoms with E-state index in [4.69, 9.17) is 4.74 Å². The molecule has 0 saturated carbocycles. The predicted octanol–water partition coefficient (Wildman–Crippen LogP) is 2.14. The van der Waals surface area contributed by atoms with Crippen LogP contribution < -0.4 is 10.6 Å². The number of carbonyl (C=O) groups is 2. The summed E-state index contributed by atoms with van der Waals surface area (Å²) in [6.07, 6.45) is 2.61. The Morgan fingerprint density at radius 3 is 3.20 bits per heavy atom. The molecule has 3 heterocycles. The van der Waals surface area contributed by atoms with Crippen LogP contribution >= 0.6 is 11.3 Å². The fourth-order valence-corrected chi connectivity index (χ4v) is 3.95. The zero-order chi connectivity index (χ0) is 17.2. The Kier molecular flexibility index (Phi) is 4.50. The highest BCUT2D eigenvalue weighted by Crippen LogP contribution is 2.29. The van der Waals surface area contributed by atoms with Crippen molar-refractivity contribution < 1.29 is 14.3 Å². The van der Waals surface area contributed by atoms with Crippen LogP contribution in [-0.4, -0.2) is 36.1 Å². The predicted molar refractivity (Wildman–Crippen MR) is 95.6 cm³/mol. The van der Waals surface area contributed by atoms with Gasteiger partial charge in [0.05, 0.1) is 17.1 Å². The van der Waals surface area contributed by atoms with Gasteiger partial charge in [-0.2, -0.15) is 0 Å². The maximum atomic E-state index is 11.9. The van der Waals surface area contributed by atoms with E-state index in [2.05, 4.69) is 15.6 Å². The Morgan fingerprint density at radius 1 is 1.44 bits per heavy atom.